The lowest BCUT2D eigenvalue weighted by Gasteiger charge is -2.27. The molecule has 1 aromatic heterocycles. The lowest BCUT2D eigenvalue weighted by atomic mass is 10.2. The molecule has 5 nitrogen and oxygen atoms in total. The van der Waals surface area contributed by atoms with Crippen molar-refractivity contribution in [1.82, 2.24) is 14.9 Å². The highest BCUT2D eigenvalue weighted by Gasteiger charge is 2.19. The molecule has 16 heavy (non-hydrogen) atoms. The Hall–Kier alpha value is -1.20. The molecule has 1 amide bonds. The molecule has 2 rings (SSSR count). The lowest BCUT2D eigenvalue weighted by molar-refractivity contribution is -0.143. The Morgan fingerprint density at radius 1 is 1.62 bits per heavy atom. The van der Waals surface area contributed by atoms with Crippen LogP contribution >= 0.6 is 11.6 Å². The van der Waals surface area contributed by atoms with Crippen LogP contribution in [0.3, 0.4) is 0 Å². The van der Waals surface area contributed by atoms with Gasteiger partial charge in [-0.2, -0.15) is 0 Å². The number of halogens is 1. The van der Waals surface area contributed by atoms with Crippen molar-refractivity contribution in [3.05, 3.63) is 22.7 Å². The molecule has 1 aromatic rings. The summed E-state index contributed by atoms with van der Waals surface area (Å²) in [5.74, 6) is 0.000556. The normalized spacial score (nSPS) is 16.6. The van der Waals surface area contributed by atoms with Crippen molar-refractivity contribution in [2.45, 2.75) is 13.5 Å². The van der Waals surface area contributed by atoms with Gasteiger partial charge >= 0.3 is 0 Å². The molecule has 86 valence electrons. The van der Waals surface area contributed by atoms with E-state index in [1.807, 2.05) is 6.92 Å². The fourth-order valence-electron chi connectivity index (χ4n) is 1.54. The number of carbonyl (C=O) groups excluding carboxylic acids is 1. The zero-order chi connectivity index (χ0) is 11.5. The van der Waals surface area contributed by atoms with Gasteiger partial charge in [-0.1, -0.05) is 0 Å². The standard InChI is InChI=1S/C10H12ClN3O2/c1-7-8(4-12-10(11)13-7)5-14-2-3-16-6-9(14)15/h4H,2-3,5-6H2,1H3. The van der Waals surface area contributed by atoms with Crippen LogP contribution in [0.4, 0.5) is 0 Å². The summed E-state index contributed by atoms with van der Waals surface area (Å²) in [6.07, 6.45) is 1.66. The Kier molecular flexibility index (Phi) is 3.36. The lowest BCUT2D eigenvalue weighted by Crippen LogP contribution is -2.41. The first-order valence-electron chi connectivity index (χ1n) is 5.00. The number of aromatic nitrogens is 2. The molecule has 1 fully saturated rings. The SMILES string of the molecule is Cc1nc(Cl)ncc1CN1CCOCC1=O. The molecule has 1 aliphatic heterocycles. The van der Waals surface area contributed by atoms with Gasteiger partial charge in [0.2, 0.25) is 11.2 Å². The summed E-state index contributed by atoms with van der Waals surface area (Å²) in [5.41, 5.74) is 1.72. The van der Waals surface area contributed by atoms with Gasteiger partial charge in [0.1, 0.15) is 6.61 Å². The molecular weight excluding hydrogens is 230 g/mol. The van der Waals surface area contributed by atoms with Crippen LogP contribution < -0.4 is 0 Å². The van der Waals surface area contributed by atoms with E-state index < -0.39 is 0 Å². The van der Waals surface area contributed by atoms with Crippen LogP contribution in [0.15, 0.2) is 6.20 Å². The van der Waals surface area contributed by atoms with Crippen LogP contribution in [-0.4, -0.2) is 40.5 Å². The highest BCUT2D eigenvalue weighted by Crippen LogP contribution is 2.11. The quantitative estimate of drug-likeness (QED) is 0.719. The number of carbonyl (C=O) groups is 1. The molecule has 2 heterocycles. The zero-order valence-corrected chi connectivity index (χ0v) is 9.70. The van der Waals surface area contributed by atoms with Gasteiger partial charge in [0.15, 0.2) is 0 Å². The minimum Gasteiger partial charge on any atom is -0.370 e. The summed E-state index contributed by atoms with van der Waals surface area (Å²) in [4.78, 5) is 21.2. The van der Waals surface area contributed by atoms with Gasteiger partial charge in [0.05, 0.1) is 6.61 Å². The Morgan fingerprint density at radius 2 is 2.44 bits per heavy atom. The number of ether oxygens (including phenoxy) is 1. The summed E-state index contributed by atoms with van der Waals surface area (Å²) in [7, 11) is 0. The largest absolute Gasteiger partial charge is 0.370 e. The van der Waals surface area contributed by atoms with Gasteiger partial charge in [-0.3, -0.25) is 4.79 Å². The predicted molar refractivity (Wildman–Crippen MR) is 58.0 cm³/mol. The summed E-state index contributed by atoms with van der Waals surface area (Å²) in [5, 5.41) is 0.231. The summed E-state index contributed by atoms with van der Waals surface area (Å²) < 4.78 is 5.06. The molecule has 0 N–H and O–H groups in total. The number of morpholine rings is 1. The summed E-state index contributed by atoms with van der Waals surface area (Å²) >= 11 is 5.67. The van der Waals surface area contributed by atoms with Crippen LogP contribution in [-0.2, 0) is 16.1 Å². The molecule has 1 aliphatic rings. The minimum atomic E-state index is 0.000556. The highest BCUT2D eigenvalue weighted by molar-refractivity contribution is 6.28. The number of hydrogen-bond donors (Lipinski definition) is 0. The second-order valence-corrected chi connectivity index (χ2v) is 3.96. The third kappa shape index (κ3) is 2.48. The van der Waals surface area contributed by atoms with Crippen LogP contribution in [0.1, 0.15) is 11.3 Å². The number of nitrogens with zero attached hydrogens (tertiary/aromatic N) is 3. The van der Waals surface area contributed by atoms with Crippen molar-refractivity contribution in [2.24, 2.45) is 0 Å². The smallest absolute Gasteiger partial charge is 0.248 e. The molecule has 0 atom stereocenters. The van der Waals surface area contributed by atoms with Crippen molar-refractivity contribution in [1.29, 1.82) is 0 Å². The van der Waals surface area contributed by atoms with E-state index in [0.717, 1.165) is 11.3 Å². The van der Waals surface area contributed by atoms with Gasteiger partial charge in [-0.15, -0.1) is 0 Å². The van der Waals surface area contributed by atoms with E-state index in [4.69, 9.17) is 16.3 Å². The maximum atomic E-state index is 11.5. The fraction of sp³-hybridized carbons (Fsp3) is 0.500. The number of rotatable bonds is 2. The van der Waals surface area contributed by atoms with Gasteiger partial charge < -0.3 is 9.64 Å². The third-order valence-corrected chi connectivity index (χ3v) is 2.68. The summed E-state index contributed by atoms with van der Waals surface area (Å²) in [6, 6.07) is 0. The average Bonchev–Trinajstić information content (AvgIpc) is 2.25. The molecule has 0 aliphatic carbocycles. The first-order valence-corrected chi connectivity index (χ1v) is 5.38. The van der Waals surface area contributed by atoms with E-state index in [-0.39, 0.29) is 17.8 Å². The van der Waals surface area contributed by atoms with Gasteiger partial charge in [-0.25, -0.2) is 9.97 Å². The van der Waals surface area contributed by atoms with Crippen LogP contribution in [0.5, 0.6) is 0 Å². The summed E-state index contributed by atoms with van der Waals surface area (Å²) in [6.45, 7) is 3.73. The Labute approximate surface area is 98.4 Å². The Bertz CT molecular complexity index is 411. The Balaban J connectivity index is 2.10. The van der Waals surface area contributed by atoms with Crippen LogP contribution in [0.25, 0.3) is 0 Å². The first kappa shape index (κ1) is 11.3. The second kappa shape index (κ2) is 4.76. The zero-order valence-electron chi connectivity index (χ0n) is 8.94. The van der Waals surface area contributed by atoms with Crippen molar-refractivity contribution >= 4 is 17.5 Å². The molecule has 1 saturated heterocycles. The molecule has 0 spiro atoms. The highest BCUT2D eigenvalue weighted by atomic mass is 35.5. The maximum Gasteiger partial charge on any atom is 0.248 e. The van der Waals surface area contributed by atoms with E-state index >= 15 is 0 Å². The molecular formula is C10H12ClN3O2. The van der Waals surface area contributed by atoms with E-state index in [9.17, 15) is 4.79 Å². The predicted octanol–water partition coefficient (Wildman–Crippen LogP) is 0.797. The second-order valence-electron chi connectivity index (χ2n) is 3.62. The number of hydrogen-bond acceptors (Lipinski definition) is 4. The van der Waals surface area contributed by atoms with Crippen LogP contribution in [0.2, 0.25) is 5.28 Å². The Morgan fingerprint density at radius 3 is 3.12 bits per heavy atom. The number of aryl methyl sites for hydroxylation is 1. The van der Waals surface area contributed by atoms with Crippen molar-refractivity contribution in [2.75, 3.05) is 19.8 Å². The minimum absolute atomic E-state index is 0.000556. The molecule has 0 radical (unpaired) electrons. The van der Waals surface area contributed by atoms with Crippen molar-refractivity contribution in [3.8, 4) is 0 Å². The molecule has 0 bridgehead atoms. The third-order valence-electron chi connectivity index (χ3n) is 2.50. The topological polar surface area (TPSA) is 55.3 Å². The monoisotopic (exact) mass is 241 g/mol. The molecule has 0 saturated carbocycles. The van der Waals surface area contributed by atoms with Crippen LogP contribution in [0, 0.1) is 6.92 Å². The number of amides is 1. The average molecular weight is 242 g/mol. The van der Waals surface area contributed by atoms with E-state index in [1.54, 1.807) is 11.1 Å². The molecule has 0 unspecified atom stereocenters. The fourth-order valence-corrected chi connectivity index (χ4v) is 1.72. The van der Waals surface area contributed by atoms with Crippen molar-refractivity contribution in [3.63, 3.8) is 0 Å². The first-order chi connectivity index (χ1) is 7.66. The van der Waals surface area contributed by atoms with E-state index in [0.29, 0.717) is 19.7 Å². The van der Waals surface area contributed by atoms with E-state index in [1.165, 1.54) is 0 Å². The molecule has 6 heteroatoms. The molecule has 0 aromatic carbocycles. The van der Waals surface area contributed by atoms with E-state index in [2.05, 4.69) is 9.97 Å². The van der Waals surface area contributed by atoms with Crippen molar-refractivity contribution < 1.29 is 9.53 Å². The maximum absolute atomic E-state index is 11.5. The van der Waals surface area contributed by atoms with Gasteiger partial charge in [0.25, 0.3) is 0 Å². The van der Waals surface area contributed by atoms with Gasteiger partial charge in [-0.05, 0) is 18.5 Å². The van der Waals surface area contributed by atoms with Gasteiger partial charge in [0, 0.05) is 30.5 Å².